The van der Waals surface area contributed by atoms with Crippen LogP contribution in [0.3, 0.4) is 0 Å². The van der Waals surface area contributed by atoms with E-state index in [1.165, 1.54) is 0 Å². The molecule has 5 heteroatoms. The van der Waals surface area contributed by atoms with E-state index in [-0.39, 0.29) is 6.17 Å². The number of likely N-dealkylation sites (N-methyl/N-ethyl adjacent to an activating group) is 1. The summed E-state index contributed by atoms with van der Waals surface area (Å²) >= 11 is 0. The summed E-state index contributed by atoms with van der Waals surface area (Å²) in [5.41, 5.74) is 11.3. The molecule has 1 fully saturated rings. The maximum atomic E-state index is 3.00. The third-order valence-electron chi connectivity index (χ3n) is 0.964. The highest BCUT2D eigenvalue weighted by Gasteiger charge is 2.08. The fourth-order valence-corrected chi connectivity index (χ4v) is 0.589. The monoisotopic (exact) mass is 117 g/mol. The zero-order valence-corrected chi connectivity index (χ0v) is 4.78. The van der Waals surface area contributed by atoms with Crippen LogP contribution in [-0.2, 0) is 0 Å². The summed E-state index contributed by atoms with van der Waals surface area (Å²) in [6.45, 7) is 0.889. The fraction of sp³-hybridized carbons (Fsp3) is 1.00. The van der Waals surface area contributed by atoms with Crippen LogP contribution in [0.25, 0.3) is 0 Å². The Morgan fingerprint density at radius 3 is 2.50 bits per heavy atom. The molecule has 0 spiro atoms. The maximum absolute atomic E-state index is 3.00. The standard InChI is InChI=1S/C3H11N5/c1-4-2-3-5-7-8-6-3/h3-8H,2H2,1H3. The fourth-order valence-electron chi connectivity index (χ4n) is 0.589. The largest absolute Gasteiger partial charge is 0.317 e. The van der Waals surface area contributed by atoms with Crippen LogP contribution < -0.4 is 27.2 Å². The molecule has 0 atom stereocenters. The van der Waals surface area contributed by atoms with Gasteiger partial charge in [-0.3, -0.25) is 0 Å². The molecule has 48 valence electrons. The van der Waals surface area contributed by atoms with Crippen LogP contribution in [0.2, 0.25) is 0 Å². The summed E-state index contributed by atoms with van der Waals surface area (Å²) in [6.07, 6.45) is 0.278. The summed E-state index contributed by atoms with van der Waals surface area (Å²) in [5.74, 6) is 0. The van der Waals surface area contributed by atoms with Gasteiger partial charge in [-0.2, -0.15) is 11.1 Å². The second kappa shape index (κ2) is 2.95. The lowest BCUT2D eigenvalue weighted by atomic mass is 10.5. The SMILES string of the molecule is CNCC1NNNN1. The van der Waals surface area contributed by atoms with Gasteiger partial charge in [-0.15, -0.1) is 0 Å². The maximum Gasteiger partial charge on any atom is 0.0982 e. The Labute approximate surface area is 48.1 Å². The van der Waals surface area contributed by atoms with E-state index < -0.39 is 0 Å². The van der Waals surface area contributed by atoms with E-state index in [1.54, 1.807) is 0 Å². The van der Waals surface area contributed by atoms with Crippen molar-refractivity contribution in [2.24, 2.45) is 0 Å². The molecule has 1 aliphatic rings. The molecule has 0 aliphatic carbocycles. The molecule has 0 saturated carbocycles. The normalized spacial score (nSPS) is 22.1. The van der Waals surface area contributed by atoms with Gasteiger partial charge in [-0.25, -0.2) is 10.9 Å². The molecule has 5 nitrogen and oxygen atoms in total. The number of nitrogens with one attached hydrogen (secondary N) is 5. The highest BCUT2D eigenvalue weighted by Crippen LogP contribution is 1.70. The van der Waals surface area contributed by atoms with E-state index in [1.807, 2.05) is 7.05 Å². The first-order chi connectivity index (χ1) is 3.93. The van der Waals surface area contributed by atoms with Gasteiger partial charge in [0.25, 0.3) is 0 Å². The van der Waals surface area contributed by atoms with E-state index in [4.69, 9.17) is 0 Å². The van der Waals surface area contributed by atoms with Gasteiger partial charge in [0.15, 0.2) is 0 Å². The van der Waals surface area contributed by atoms with Gasteiger partial charge < -0.3 is 5.32 Å². The number of hydrogen-bond acceptors (Lipinski definition) is 5. The van der Waals surface area contributed by atoms with Crippen LogP contribution in [0, 0.1) is 0 Å². The van der Waals surface area contributed by atoms with Crippen LogP contribution in [0.4, 0.5) is 0 Å². The van der Waals surface area contributed by atoms with Gasteiger partial charge in [0.2, 0.25) is 0 Å². The molecule has 0 bridgehead atoms. The number of hydrogen-bond donors (Lipinski definition) is 5. The highest BCUT2D eigenvalue weighted by atomic mass is 15.8. The third-order valence-corrected chi connectivity index (χ3v) is 0.964. The minimum absolute atomic E-state index is 0.278. The van der Waals surface area contributed by atoms with Crippen LogP contribution in [0.5, 0.6) is 0 Å². The van der Waals surface area contributed by atoms with Crippen molar-refractivity contribution in [1.29, 1.82) is 0 Å². The Hall–Kier alpha value is -0.200. The van der Waals surface area contributed by atoms with E-state index in [0.717, 1.165) is 6.54 Å². The Bertz CT molecular complexity index is 58.7. The summed E-state index contributed by atoms with van der Waals surface area (Å²) < 4.78 is 0. The molecule has 0 aromatic heterocycles. The first-order valence-corrected chi connectivity index (χ1v) is 2.59. The highest BCUT2D eigenvalue weighted by molar-refractivity contribution is 4.62. The zero-order valence-electron chi connectivity index (χ0n) is 4.78. The van der Waals surface area contributed by atoms with E-state index in [0.29, 0.717) is 0 Å². The molecule has 0 aromatic rings. The van der Waals surface area contributed by atoms with Gasteiger partial charge in [0.1, 0.15) is 0 Å². The average Bonchev–Trinajstić information content (AvgIpc) is 2.19. The number of rotatable bonds is 2. The van der Waals surface area contributed by atoms with Crippen molar-refractivity contribution in [1.82, 2.24) is 27.2 Å². The van der Waals surface area contributed by atoms with Crippen molar-refractivity contribution < 1.29 is 0 Å². The van der Waals surface area contributed by atoms with Crippen molar-refractivity contribution in [3.05, 3.63) is 0 Å². The van der Waals surface area contributed by atoms with E-state index in [9.17, 15) is 0 Å². The van der Waals surface area contributed by atoms with E-state index >= 15 is 0 Å². The average molecular weight is 117 g/mol. The lowest BCUT2D eigenvalue weighted by Crippen LogP contribution is -2.41. The molecule has 0 amide bonds. The van der Waals surface area contributed by atoms with Gasteiger partial charge in [0.05, 0.1) is 6.17 Å². The zero-order chi connectivity index (χ0) is 5.82. The lowest BCUT2D eigenvalue weighted by Gasteiger charge is -2.05. The Morgan fingerprint density at radius 1 is 1.38 bits per heavy atom. The first-order valence-electron chi connectivity index (χ1n) is 2.59. The van der Waals surface area contributed by atoms with Crippen LogP contribution in [0.1, 0.15) is 0 Å². The van der Waals surface area contributed by atoms with Crippen LogP contribution in [0.15, 0.2) is 0 Å². The molecule has 0 aromatic carbocycles. The minimum atomic E-state index is 0.278. The molecular weight excluding hydrogens is 106 g/mol. The van der Waals surface area contributed by atoms with E-state index in [2.05, 4.69) is 27.2 Å². The third kappa shape index (κ3) is 1.39. The van der Waals surface area contributed by atoms with Crippen molar-refractivity contribution in [3.63, 3.8) is 0 Å². The first kappa shape index (κ1) is 5.93. The molecular formula is C3H11N5. The Kier molecular flexibility index (Phi) is 2.19. The second-order valence-electron chi connectivity index (χ2n) is 1.65. The lowest BCUT2D eigenvalue weighted by molar-refractivity contribution is 0.500. The van der Waals surface area contributed by atoms with Gasteiger partial charge in [-0.05, 0) is 7.05 Å². The summed E-state index contributed by atoms with van der Waals surface area (Å²) in [7, 11) is 1.90. The van der Waals surface area contributed by atoms with Crippen LogP contribution in [-0.4, -0.2) is 19.8 Å². The molecule has 0 unspecified atom stereocenters. The van der Waals surface area contributed by atoms with Gasteiger partial charge >= 0.3 is 0 Å². The van der Waals surface area contributed by atoms with Gasteiger partial charge in [0, 0.05) is 6.54 Å². The predicted molar refractivity (Wildman–Crippen MR) is 30.3 cm³/mol. The molecule has 5 N–H and O–H groups in total. The predicted octanol–water partition coefficient (Wildman–Crippen LogP) is -2.35. The van der Waals surface area contributed by atoms with Crippen molar-refractivity contribution >= 4 is 0 Å². The smallest absolute Gasteiger partial charge is 0.0982 e. The minimum Gasteiger partial charge on any atom is -0.317 e. The molecule has 1 rings (SSSR count). The molecule has 1 saturated heterocycles. The quantitative estimate of drug-likeness (QED) is 0.280. The van der Waals surface area contributed by atoms with Crippen molar-refractivity contribution in [2.45, 2.75) is 6.17 Å². The van der Waals surface area contributed by atoms with Gasteiger partial charge in [-0.1, -0.05) is 0 Å². The molecule has 1 aliphatic heterocycles. The molecule has 1 heterocycles. The Morgan fingerprint density at radius 2 is 2.00 bits per heavy atom. The molecule has 0 radical (unpaired) electrons. The van der Waals surface area contributed by atoms with Crippen LogP contribution >= 0.6 is 0 Å². The van der Waals surface area contributed by atoms with Crippen molar-refractivity contribution in [3.8, 4) is 0 Å². The van der Waals surface area contributed by atoms with Crippen molar-refractivity contribution in [2.75, 3.05) is 13.6 Å². The summed E-state index contributed by atoms with van der Waals surface area (Å²) in [6, 6.07) is 0. The number of hydrazine groups is 3. The Balaban J connectivity index is 2.06. The second-order valence-corrected chi connectivity index (χ2v) is 1.65. The summed E-state index contributed by atoms with van der Waals surface area (Å²) in [4.78, 5) is 0. The topological polar surface area (TPSA) is 60.1 Å². The molecule has 8 heavy (non-hydrogen) atoms. The summed E-state index contributed by atoms with van der Waals surface area (Å²) in [5, 5.41) is 3.00.